The van der Waals surface area contributed by atoms with Gasteiger partial charge in [-0.25, -0.2) is 0 Å². The molecule has 0 aromatic heterocycles. The number of nitrogens with two attached hydrogens (primary N) is 1. The van der Waals surface area contributed by atoms with Gasteiger partial charge in [0.25, 0.3) is 0 Å². The summed E-state index contributed by atoms with van der Waals surface area (Å²) >= 11 is 0. The van der Waals surface area contributed by atoms with E-state index in [4.69, 9.17) is 10.5 Å². The maximum absolute atomic E-state index is 11.6. The molecule has 0 radical (unpaired) electrons. The highest BCUT2D eigenvalue weighted by atomic mass is 16.6. The minimum absolute atomic E-state index is 0.0949. The first-order valence-corrected chi connectivity index (χ1v) is 5.03. The summed E-state index contributed by atoms with van der Waals surface area (Å²) in [7, 11) is 0. The van der Waals surface area contributed by atoms with Crippen molar-refractivity contribution in [3.63, 3.8) is 0 Å². The zero-order valence-corrected chi connectivity index (χ0v) is 9.12. The molecule has 2 N–H and O–H groups in total. The van der Waals surface area contributed by atoms with Gasteiger partial charge in [0.1, 0.15) is 5.60 Å². The zero-order chi connectivity index (χ0) is 10.8. The number of hydrogen-bond acceptors (Lipinski definition) is 3. The van der Waals surface area contributed by atoms with E-state index in [0.29, 0.717) is 6.42 Å². The molecule has 0 aromatic rings. The highest BCUT2D eigenvalue weighted by molar-refractivity contribution is 5.75. The summed E-state index contributed by atoms with van der Waals surface area (Å²) in [6.07, 6.45) is 5.42. The summed E-state index contributed by atoms with van der Waals surface area (Å²) in [4.78, 5) is 11.6. The third-order valence-electron chi connectivity index (χ3n) is 2.07. The van der Waals surface area contributed by atoms with E-state index >= 15 is 0 Å². The molecule has 0 unspecified atom stereocenters. The maximum Gasteiger partial charge on any atom is 0.313 e. The Morgan fingerprint density at radius 1 is 1.50 bits per heavy atom. The minimum atomic E-state index is -0.410. The van der Waals surface area contributed by atoms with Crippen LogP contribution in [0.25, 0.3) is 0 Å². The van der Waals surface area contributed by atoms with Gasteiger partial charge in [-0.2, -0.15) is 0 Å². The van der Waals surface area contributed by atoms with E-state index in [0.717, 1.165) is 6.42 Å². The Morgan fingerprint density at radius 2 is 2.14 bits per heavy atom. The molecule has 0 aliphatic heterocycles. The van der Waals surface area contributed by atoms with Crippen LogP contribution in [-0.2, 0) is 9.53 Å². The Hall–Kier alpha value is -0.830. The average molecular weight is 197 g/mol. The molecule has 80 valence electrons. The van der Waals surface area contributed by atoms with Gasteiger partial charge in [-0.3, -0.25) is 4.79 Å². The van der Waals surface area contributed by atoms with Crippen molar-refractivity contribution in [2.75, 3.05) is 0 Å². The molecule has 1 aliphatic rings. The van der Waals surface area contributed by atoms with E-state index in [1.54, 1.807) is 0 Å². The summed E-state index contributed by atoms with van der Waals surface area (Å²) in [5.74, 6) is -0.318. The van der Waals surface area contributed by atoms with Gasteiger partial charge in [-0.05, 0) is 33.6 Å². The number of hydrogen-bond donors (Lipinski definition) is 1. The van der Waals surface area contributed by atoms with E-state index < -0.39 is 5.60 Å². The van der Waals surface area contributed by atoms with Crippen LogP contribution in [0.15, 0.2) is 12.2 Å². The van der Waals surface area contributed by atoms with E-state index in [-0.39, 0.29) is 17.9 Å². The number of carbonyl (C=O) groups excluding carboxylic acids is 1. The van der Waals surface area contributed by atoms with Crippen LogP contribution in [0.4, 0.5) is 0 Å². The van der Waals surface area contributed by atoms with Gasteiger partial charge >= 0.3 is 5.97 Å². The summed E-state index contributed by atoms with van der Waals surface area (Å²) in [5, 5.41) is 0. The van der Waals surface area contributed by atoms with Crippen molar-refractivity contribution in [1.82, 2.24) is 0 Å². The smallest absolute Gasteiger partial charge is 0.313 e. The standard InChI is InChI=1S/C11H19NO2/c1-11(2,3)14-10(13)8-5-4-6-9(12)7-8/h4-5,8-9H,6-7,12H2,1-3H3/t8-,9+/m0/s1. The number of ether oxygens (including phenoxy) is 1. The second kappa shape index (κ2) is 4.13. The molecule has 0 amide bonds. The van der Waals surface area contributed by atoms with Crippen molar-refractivity contribution in [3.8, 4) is 0 Å². The Labute approximate surface area is 85.3 Å². The predicted molar refractivity (Wildman–Crippen MR) is 55.7 cm³/mol. The summed E-state index contributed by atoms with van der Waals surface area (Å²) in [6.45, 7) is 5.62. The molecule has 0 saturated heterocycles. The highest BCUT2D eigenvalue weighted by Gasteiger charge is 2.26. The van der Waals surface area contributed by atoms with E-state index in [2.05, 4.69) is 0 Å². The average Bonchev–Trinajstić information content (AvgIpc) is 2.01. The zero-order valence-electron chi connectivity index (χ0n) is 9.12. The second-order valence-electron chi connectivity index (χ2n) is 4.80. The van der Waals surface area contributed by atoms with E-state index in [1.807, 2.05) is 32.9 Å². The molecular weight excluding hydrogens is 178 g/mol. The molecular formula is C11H19NO2. The van der Waals surface area contributed by atoms with Gasteiger partial charge in [0.2, 0.25) is 0 Å². The van der Waals surface area contributed by atoms with Crippen molar-refractivity contribution in [2.24, 2.45) is 11.7 Å². The lowest BCUT2D eigenvalue weighted by atomic mass is 9.92. The lowest BCUT2D eigenvalue weighted by molar-refractivity contribution is -0.158. The number of esters is 1. The van der Waals surface area contributed by atoms with Crippen molar-refractivity contribution in [3.05, 3.63) is 12.2 Å². The second-order valence-corrected chi connectivity index (χ2v) is 4.80. The lowest BCUT2D eigenvalue weighted by Crippen LogP contribution is -2.33. The van der Waals surface area contributed by atoms with Crippen LogP contribution in [0, 0.1) is 5.92 Å². The van der Waals surface area contributed by atoms with E-state index in [1.165, 1.54) is 0 Å². The van der Waals surface area contributed by atoms with Crippen molar-refractivity contribution in [2.45, 2.75) is 45.3 Å². The topological polar surface area (TPSA) is 52.3 Å². The highest BCUT2D eigenvalue weighted by Crippen LogP contribution is 2.20. The maximum atomic E-state index is 11.6. The molecule has 1 aliphatic carbocycles. The molecule has 0 saturated carbocycles. The fourth-order valence-corrected chi connectivity index (χ4v) is 1.47. The molecule has 0 heterocycles. The van der Waals surface area contributed by atoms with Gasteiger partial charge < -0.3 is 10.5 Å². The Balaban J connectivity index is 2.53. The molecule has 0 spiro atoms. The molecule has 0 fully saturated rings. The Bertz CT molecular complexity index is 240. The molecule has 3 nitrogen and oxygen atoms in total. The van der Waals surface area contributed by atoms with E-state index in [9.17, 15) is 4.79 Å². The molecule has 3 heteroatoms. The Morgan fingerprint density at radius 3 is 2.64 bits per heavy atom. The Kier molecular flexibility index (Phi) is 3.32. The van der Waals surface area contributed by atoms with Crippen LogP contribution in [-0.4, -0.2) is 17.6 Å². The first kappa shape index (κ1) is 11.2. The third kappa shape index (κ3) is 3.50. The molecule has 0 aromatic carbocycles. The van der Waals surface area contributed by atoms with Crippen LogP contribution in [0.2, 0.25) is 0 Å². The van der Waals surface area contributed by atoms with Crippen LogP contribution in [0.5, 0.6) is 0 Å². The number of rotatable bonds is 1. The van der Waals surface area contributed by atoms with Crippen molar-refractivity contribution >= 4 is 5.97 Å². The van der Waals surface area contributed by atoms with Gasteiger partial charge in [0, 0.05) is 6.04 Å². The van der Waals surface area contributed by atoms with Crippen molar-refractivity contribution < 1.29 is 9.53 Å². The van der Waals surface area contributed by atoms with Crippen LogP contribution >= 0.6 is 0 Å². The summed E-state index contributed by atoms with van der Waals surface area (Å²) in [5.41, 5.74) is 5.36. The summed E-state index contributed by atoms with van der Waals surface area (Å²) in [6, 6.07) is 0.0949. The minimum Gasteiger partial charge on any atom is -0.460 e. The fraction of sp³-hybridized carbons (Fsp3) is 0.727. The van der Waals surface area contributed by atoms with Gasteiger partial charge in [0.05, 0.1) is 5.92 Å². The summed E-state index contributed by atoms with van der Waals surface area (Å²) < 4.78 is 5.28. The largest absolute Gasteiger partial charge is 0.460 e. The van der Waals surface area contributed by atoms with Gasteiger partial charge in [-0.1, -0.05) is 12.2 Å². The van der Waals surface area contributed by atoms with Gasteiger partial charge in [0.15, 0.2) is 0 Å². The quantitative estimate of drug-likeness (QED) is 0.513. The first-order valence-electron chi connectivity index (χ1n) is 5.03. The van der Waals surface area contributed by atoms with Crippen LogP contribution in [0.1, 0.15) is 33.6 Å². The first-order chi connectivity index (χ1) is 6.38. The molecule has 2 atom stereocenters. The van der Waals surface area contributed by atoms with Crippen LogP contribution in [0.3, 0.4) is 0 Å². The monoisotopic (exact) mass is 197 g/mol. The number of carbonyl (C=O) groups is 1. The SMILES string of the molecule is CC(C)(C)OC(=O)[C@H]1C=CC[C@@H](N)C1. The third-order valence-corrected chi connectivity index (χ3v) is 2.07. The molecule has 14 heavy (non-hydrogen) atoms. The normalized spacial score (nSPS) is 27.4. The molecule has 0 bridgehead atoms. The van der Waals surface area contributed by atoms with Crippen molar-refractivity contribution in [1.29, 1.82) is 0 Å². The van der Waals surface area contributed by atoms with Gasteiger partial charge in [-0.15, -0.1) is 0 Å². The van der Waals surface area contributed by atoms with Crippen LogP contribution < -0.4 is 5.73 Å². The predicted octanol–water partition coefficient (Wildman–Crippen LogP) is 1.62. The molecule has 1 rings (SSSR count). The fourth-order valence-electron chi connectivity index (χ4n) is 1.47. The lowest BCUT2D eigenvalue weighted by Gasteiger charge is -2.25.